The van der Waals surface area contributed by atoms with Crippen molar-refractivity contribution >= 4 is 28.4 Å². The Morgan fingerprint density at radius 1 is 1.02 bits per heavy atom. The van der Waals surface area contributed by atoms with E-state index < -0.39 is 0 Å². The predicted molar refractivity (Wildman–Crippen MR) is 192 cm³/mol. The lowest BCUT2D eigenvalue weighted by Crippen LogP contribution is -2.49. The van der Waals surface area contributed by atoms with E-state index in [0.717, 1.165) is 33.5 Å². The number of amides is 2. The van der Waals surface area contributed by atoms with Crippen LogP contribution in [-0.4, -0.2) is 70.2 Å². The van der Waals surface area contributed by atoms with Gasteiger partial charge in [-0.15, -0.1) is 0 Å². The highest BCUT2D eigenvalue weighted by Crippen LogP contribution is 2.31. The average molecular weight is 661 g/mol. The number of aliphatic hydroxyl groups is 1. The lowest BCUT2D eigenvalue weighted by Gasteiger charge is -2.38. The molecule has 9 heteroatoms. The van der Waals surface area contributed by atoms with Crippen molar-refractivity contribution in [3.05, 3.63) is 120 Å². The normalized spacial score (nSPS) is 16.9. The number of benzene rings is 4. The maximum atomic E-state index is 13.9. The summed E-state index contributed by atoms with van der Waals surface area (Å²) in [5.74, 6) is 1.59. The van der Waals surface area contributed by atoms with E-state index in [2.05, 4.69) is 36.3 Å². The van der Waals surface area contributed by atoms with E-state index in [-0.39, 0.29) is 42.9 Å². The Labute approximate surface area is 287 Å². The number of rotatable bonds is 11. The van der Waals surface area contributed by atoms with Gasteiger partial charge in [-0.2, -0.15) is 0 Å². The van der Waals surface area contributed by atoms with Crippen LogP contribution in [-0.2, 0) is 24.8 Å². The molecule has 49 heavy (non-hydrogen) atoms. The van der Waals surface area contributed by atoms with Crippen molar-refractivity contribution < 1.29 is 24.2 Å². The SMILES string of the molecule is C[C@@H]1CN([C@@H](C)CO)C(=O)c2cc(NC(=O)Cc3cn(C)c4ccccc34)ccc2O[C@H]1CN(C)Cc1ccc(Oc2ccccc2)cc1. The first-order valence-electron chi connectivity index (χ1n) is 16.7. The van der Waals surface area contributed by atoms with Crippen LogP contribution in [0.4, 0.5) is 5.69 Å². The molecule has 5 aromatic rings. The van der Waals surface area contributed by atoms with Crippen molar-refractivity contribution in [3.63, 3.8) is 0 Å². The summed E-state index contributed by atoms with van der Waals surface area (Å²) < 4.78 is 14.6. The number of para-hydroxylation sites is 2. The highest BCUT2D eigenvalue weighted by atomic mass is 16.5. The fraction of sp³-hybridized carbons (Fsp3) is 0.300. The molecule has 0 spiro atoms. The van der Waals surface area contributed by atoms with Gasteiger partial charge in [0.2, 0.25) is 5.91 Å². The largest absolute Gasteiger partial charge is 0.488 e. The first-order valence-corrected chi connectivity index (χ1v) is 16.7. The van der Waals surface area contributed by atoms with Crippen molar-refractivity contribution in [2.24, 2.45) is 13.0 Å². The van der Waals surface area contributed by atoms with Gasteiger partial charge in [-0.1, -0.05) is 55.5 Å². The second-order valence-corrected chi connectivity index (χ2v) is 13.1. The van der Waals surface area contributed by atoms with Gasteiger partial charge in [0.15, 0.2) is 0 Å². The van der Waals surface area contributed by atoms with Gasteiger partial charge in [0.25, 0.3) is 5.91 Å². The van der Waals surface area contributed by atoms with Gasteiger partial charge < -0.3 is 29.4 Å². The lowest BCUT2D eigenvalue weighted by molar-refractivity contribution is -0.115. The molecule has 0 saturated carbocycles. The summed E-state index contributed by atoms with van der Waals surface area (Å²) in [6.07, 6.45) is 1.94. The van der Waals surface area contributed by atoms with Gasteiger partial charge in [0, 0.05) is 55.4 Å². The van der Waals surface area contributed by atoms with E-state index >= 15 is 0 Å². The zero-order valence-electron chi connectivity index (χ0n) is 28.5. The summed E-state index contributed by atoms with van der Waals surface area (Å²) in [6, 6.07) is 30.6. The Bertz CT molecular complexity index is 1910. The third-order valence-corrected chi connectivity index (χ3v) is 9.13. The number of carbonyl (C=O) groups is 2. The van der Waals surface area contributed by atoms with Crippen LogP contribution in [0.2, 0.25) is 0 Å². The number of carbonyl (C=O) groups excluding carboxylic acids is 2. The Hall–Kier alpha value is -5.12. The number of nitrogens with one attached hydrogen (secondary N) is 1. The molecule has 0 unspecified atom stereocenters. The molecule has 0 radical (unpaired) electrons. The molecule has 6 rings (SSSR count). The summed E-state index contributed by atoms with van der Waals surface area (Å²) in [7, 11) is 4.02. The number of hydrogen-bond donors (Lipinski definition) is 2. The summed E-state index contributed by atoms with van der Waals surface area (Å²) in [4.78, 5) is 31.0. The number of hydrogen-bond acceptors (Lipinski definition) is 6. The van der Waals surface area contributed by atoms with Gasteiger partial charge in [0.05, 0.1) is 24.6 Å². The third-order valence-electron chi connectivity index (χ3n) is 9.13. The molecule has 0 saturated heterocycles. The Morgan fingerprint density at radius 2 is 1.73 bits per heavy atom. The van der Waals surface area contributed by atoms with Gasteiger partial charge in [-0.05, 0) is 73.6 Å². The predicted octanol–water partition coefficient (Wildman–Crippen LogP) is 6.50. The molecular weight excluding hydrogens is 616 g/mol. The average Bonchev–Trinajstić information content (AvgIpc) is 3.41. The van der Waals surface area contributed by atoms with E-state index in [0.29, 0.717) is 36.6 Å². The van der Waals surface area contributed by atoms with Crippen LogP contribution < -0.4 is 14.8 Å². The minimum atomic E-state index is -0.388. The Kier molecular flexibility index (Phi) is 10.3. The highest BCUT2D eigenvalue weighted by molar-refractivity contribution is 6.00. The van der Waals surface area contributed by atoms with Crippen molar-refractivity contribution in [3.8, 4) is 17.2 Å². The number of aromatic nitrogens is 1. The highest BCUT2D eigenvalue weighted by Gasteiger charge is 2.33. The van der Waals surface area contributed by atoms with Gasteiger partial charge in [0.1, 0.15) is 23.4 Å². The Balaban J connectivity index is 1.16. The number of fused-ring (bicyclic) bond motifs is 2. The molecular formula is C40H44N4O5. The van der Waals surface area contributed by atoms with Crippen LogP contribution in [0.25, 0.3) is 10.9 Å². The molecule has 254 valence electrons. The van der Waals surface area contributed by atoms with Crippen molar-refractivity contribution in [1.82, 2.24) is 14.4 Å². The summed E-state index contributed by atoms with van der Waals surface area (Å²) in [6.45, 7) is 5.48. The number of aliphatic hydroxyl groups excluding tert-OH is 1. The van der Waals surface area contributed by atoms with Crippen LogP contribution in [0.3, 0.4) is 0 Å². The number of likely N-dealkylation sites (N-methyl/N-ethyl adjacent to an activating group) is 1. The molecule has 1 aromatic heterocycles. The molecule has 2 heterocycles. The summed E-state index contributed by atoms with van der Waals surface area (Å²) >= 11 is 0. The minimum absolute atomic E-state index is 0.0183. The topological polar surface area (TPSA) is 96.3 Å². The van der Waals surface area contributed by atoms with Crippen molar-refractivity contribution in [1.29, 1.82) is 0 Å². The van der Waals surface area contributed by atoms with E-state index in [1.807, 2.05) is 91.5 Å². The molecule has 0 aliphatic carbocycles. The molecule has 9 nitrogen and oxygen atoms in total. The van der Waals surface area contributed by atoms with Crippen molar-refractivity contribution in [2.75, 3.05) is 32.1 Å². The van der Waals surface area contributed by atoms with Gasteiger partial charge in [-0.3, -0.25) is 14.5 Å². The maximum absolute atomic E-state index is 13.9. The first kappa shape index (κ1) is 33.8. The number of anilines is 1. The quantitative estimate of drug-likeness (QED) is 0.168. The minimum Gasteiger partial charge on any atom is -0.488 e. The monoisotopic (exact) mass is 660 g/mol. The molecule has 1 aliphatic heterocycles. The number of nitrogens with zero attached hydrogens (tertiary/aromatic N) is 3. The molecule has 0 bridgehead atoms. The first-order chi connectivity index (χ1) is 23.7. The van der Waals surface area contributed by atoms with E-state index in [4.69, 9.17) is 9.47 Å². The Morgan fingerprint density at radius 3 is 2.49 bits per heavy atom. The standard InChI is InChI=1S/C40H44N4O5/c1-27-22-44(28(2)26-45)40(47)35-21-31(41-39(46)20-30-24-43(4)36-13-9-8-12-34(30)36)16-19-37(35)49-38(27)25-42(3)23-29-14-17-33(18-15-29)48-32-10-6-5-7-11-32/h5-19,21,24,27-28,38,45H,20,22-23,25-26H2,1-4H3,(H,41,46)/t27-,28+,38+/m1/s1. The molecule has 2 N–H and O–H groups in total. The zero-order chi connectivity index (χ0) is 34.5. The van der Waals surface area contributed by atoms with E-state index in [1.54, 1.807) is 23.1 Å². The van der Waals surface area contributed by atoms with Crippen molar-refractivity contribution in [2.45, 2.75) is 39.0 Å². The summed E-state index contributed by atoms with van der Waals surface area (Å²) in [5, 5.41) is 14.1. The van der Waals surface area contributed by atoms with E-state index in [1.165, 1.54) is 0 Å². The van der Waals surface area contributed by atoms with E-state index in [9.17, 15) is 14.7 Å². The second kappa shape index (κ2) is 15.0. The fourth-order valence-electron chi connectivity index (χ4n) is 6.43. The fourth-order valence-corrected chi connectivity index (χ4v) is 6.43. The van der Waals surface area contributed by atoms with Gasteiger partial charge >= 0.3 is 0 Å². The van der Waals surface area contributed by atoms with Crippen LogP contribution in [0.1, 0.15) is 35.3 Å². The number of ether oxygens (including phenoxy) is 2. The molecule has 0 fully saturated rings. The third kappa shape index (κ3) is 7.96. The van der Waals surface area contributed by atoms with Crippen LogP contribution in [0.5, 0.6) is 17.2 Å². The van der Waals surface area contributed by atoms with Crippen LogP contribution in [0.15, 0.2) is 103 Å². The van der Waals surface area contributed by atoms with Crippen LogP contribution in [0, 0.1) is 5.92 Å². The summed E-state index contributed by atoms with van der Waals surface area (Å²) in [5.41, 5.74) is 4.00. The zero-order valence-corrected chi connectivity index (χ0v) is 28.5. The molecule has 4 aromatic carbocycles. The maximum Gasteiger partial charge on any atom is 0.258 e. The molecule has 1 aliphatic rings. The van der Waals surface area contributed by atoms with Gasteiger partial charge in [-0.25, -0.2) is 0 Å². The number of aryl methyl sites for hydroxylation is 1. The second-order valence-electron chi connectivity index (χ2n) is 13.1. The molecule has 2 amide bonds. The lowest BCUT2D eigenvalue weighted by atomic mass is 9.99. The molecule has 3 atom stereocenters. The van der Waals surface area contributed by atoms with Crippen LogP contribution >= 0.6 is 0 Å². The smallest absolute Gasteiger partial charge is 0.258 e.